The number of nitrogens with one attached hydrogen (secondary N) is 2. The van der Waals surface area contributed by atoms with Gasteiger partial charge in [-0.2, -0.15) is 0 Å². The Morgan fingerprint density at radius 1 is 1.09 bits per heavy atom. The first-order chi connectivity index (χ1) is 10.5. The lowest BCUT2D eigenvalue weighted by atomic mass is 10.1. The Balaban J connectivity index is 1.86. The molecule has 0 saturated heterocycles. The van der Waals surface area contributed by atoms with Gasteiger partial charge in [0.2, 0.25) is 0 Å². The molecule has 1 aromatic heterocycles. The molecule has 0 spiro atoms. The van der Waals surface area contributed by atoms with Gasteiger partial charge in [-0.05, 0) is 43.3 Å². The number of hydrogen-bond donors (Lipinski definition) is 2. The van der Waals surface area contributed by atoms with Gasteiger partial charge < -0.3 is 10.3 Å². The lowest BCUT2D eigenvalue weighted by Crippen LogP contribution is -2.12. The van der Waals surface area contributed by atoms with E-state index in [0.717, 1.165) is 5.39 Å². The zero-order chi connectivity index (χ0) is 15.7. The van der Waals surface area contributed by atoms with Crippen molar-refractivity contribution in [2.75, 3.05) is 5.32 Å². The standard InChI is InChI=1S/C17H13FN2O2/c1-10(21)11-3-2-4-14(7-11)19-17(22)16-8-12-5-6-13(18)9-15(12)20-16/h2-9,20H,1H3,(H,19,22). The quantitative estimate of drug-likeness (QED) is 0.723. The summed E-state index contributed by atoms with van der Waals surface area (Å²) in [6, 6.07) is 12.6. The Morgan fingerprint density at radius 2 is 1.91 bits per heavy atom. The van der Waals surface area contributed by atoms with E-state index < -0.39 is 0 Å². The second-order valence-corrected chi connectivity index (χ2v) is 5.01. The van der Waals surface area contributed by atoms with Crippen molar-refractivity contribution in [2.24, 2.45) is 0 Å². The SMILES string of the molecule is CC(=O)c1cccc(NC(=O)c2cc3ccc(F)cc3[nH]2)c1. The van der Waals surface area contributed by atoms with Crippen molar-refractivity contribution in [1.29, 1.82) is 0 Å². The normalized spacial score (nSPS) is 10.6. The molecule has 0 saturated carbocycles. The Bertz CT molecular complexity index is 883. The number of ketones is 1. The Labute approximate surface area is 126 Å². The van der Waals surface area contributed by atoms with Crippen LogP contribution >= 0.6 is 0 Å². The molecular formula is C17H13FN2O2. The maximum Gasteiger partial charge on any atom is 0.272 e. The summed E-state index contributed by atoms with van der Waals surface area (Å²) in [4.78, 5) is 26.5. The number of amides is 1. The molecule has 5 heteroatoms. The first-order valence-corrected chi connectivity index (χ1v) is 6.73. The predicted octanol–water partition coefficient (Wildman–Crippen LogP) is 3.76. The molecule has 2 N–H and O–H groups in total. The van der Waals surface area contributed by atoms with E-state index >= 15 is 0 Å². The van der Waals surface area contributed by atoms with E-state index in [-0.39, 0.29) is 17.5 Å². The number of aromatic nitrogens is 1. The number of rotatable bonds is 3. The minimum absolute atomic E-state index is 0.0720. The molecule has 2 aromatic carbocycles. The first kappa shape index (κ1) is 14.0. The van der Waals surface area contributed by atoms with Gasteiger partial charge in [0.25, 0.3) is 5.91 Å². The molecule has 0 radical (unpaired) electrons. The monoisotopic (exact) mass is 296 g/mol. The highest BCUT2D eigenvalue weighted by molar-refractivity contribution is 6.06. The molecule has 4 nitrogen and oxygen atoms in total. The first-order valence-electron chi connectivity index (χ1n) is 6.73. The molecular weight excluding hydrogens is 283 g/mol. The van der Waals surface area contributed by atoms with Crippen molar-refractivity contribution in [2.45, 2.75) is 6.92 Å². The van der Waals surface area contributed by atoms with Crippen molar-refractivity contribution >= 4 is 28.3 Å². The molecule has 3 aromatic rings. The molecule has 0 atom stereocenters. The fourth-order valence-electron chi connectivity index (χ4n) is 2.24. The topological polar surface area (TPSA) is 62.0 Å². The van der Waals surface area contributed by atoms with Gasteiger partial charge in [-0.3, -0.25) is 9.59 Å². The van der Waals surface area contributed by atoms with E-state index in [4.69, 9.17) is 0 Å². The van der Waals surface area contributed by atoms with Gasteiger partial charge in [-0.1, -0.05) is 12.1 Å². The number of aromatic amines is 1. The van der Waals surface area contributed by atoms with Crippen molar-refractivity contribution in [3.8, 4) is 0 Å². The summed E-state index contributed by atoms with van der Waals surface area (Å²) >= 11 is 0. The highest BCUT2D eigenvalue weighted by atomic mass is 19.1. The van der Waals surface area contributed by atoms with Crippen LogP contribution in [0.3, 0.4) is 0 Å². The number of benzene rings is 2. The van der Waals surface area contributed by atoms with E-state index in [1.807, 2.05) is 0 Å². The summed E-state index contributed by atoms with van der Waals surface area (Å²) in [5.41, 5.74) is 1.94. The minimum atomic E-state index is -0.365. The van der Waals surface area contributed by atoms with Crippen LogP contribution in [-0.4, -0.2) is 16.7 Å². The van der Waals surface area contributed by atoms with E-state index in [1.165, 1.54) is 19.1 Å². The third-order valence-electron chi connectivity index (χ3n) is 3.36. The van der Waals surface area contributed by atoms with Crippen LogP contribution in [0.4, 0.5) is 10.1 Å². The average molecular weight is 296 g/mol. The second kappa shape index (κ2) is 5.44. The highest BCUT2D eigenvalue weighted by Crippen LogP contribution is 2.18. The van der Waals surface area contributed by atoms with Gasteiger partial charge in [0.1, 0.15) is 11.5 Å². The zero-order valence-electron chi connectivity index (χ0n) is 11.8. The number of halogens is 1. The molecule has 110 valence electrons. The van der Waals surface area contributed by atoms with E-state index in [2.05, 4.69) is 10.3 Å². The van der Waals surface area contributed by atoms with Gasteiger partial charge in [0.05, 0.1) is 0 Å². The fraction of sp³-hybridized carbons (Fsp3) is 0.0588. The van der Waals surface area contributed by atoms with Crippen LogP contribution in [0.25, 0.3) is 10.9 Å². The van der Waals surface area contributed by atoms with Gasteiger partial charge in [0, 0.05) is 22.2 Å². The molecule has 0 fully saturated rings. The van der Waals surface area contributed by atoms with Gasteiger partial charge in [0.15, 0.2) is 5.78 Å². The largest absolute Gasteiger partial charge is 0.350 e. The Hall–Kier alpha value is -2.95. The van der Waals surface area contributed by atoms with Crippen molar-refractivity contribution in [1.82, 2.24) is 4.98 Å². The molecule has 1 amide bonds. The average Bonchev–Trinajstić information content (AvgIpc) is 2.90. The molecule has 22 heavy (non-hydrogen) atoms. The number of anilines is 1. The third-order valence-corrected chi connectivity index (χ3v) is 3.36. The minimum Gasteiger partial charge on any atom is -0.350 e. The molecule has 0 aliphatic heterocycles. The third kappa shape index (κ3) is 2.74. The van der Waals surface area contributed by atoms with Crippen LogP contribution in [0.15, 0.2) is 48.5 Å². The van der Waals surface area contributed by atoms with Gasteiger partial charge in [-0.25, -0.2) is 4.39 Å². The number of Topliss-reactive ketones (excluding diaryl/α,β-unsaturated/α-hetero) is 1. The molecule has 1 heterocycles. The number of hydrogen-bond acceptors (Lipinski definition) is 2. The van der Waals surface area contributed by atoms with E-state index in [0.29, 0.717) is 22.5 Å². The lowest BCUT2D eigenvalue weighted by molar-refractivity contribution is 0.100. The smallest absolute Gasteiger partial charge is 0.272 e. The van der Waals surface area contributed by atoms with Gasteiger partial charge in [-0.15, -0.1) is 0 Å². The van der Waals surface area contributed by atoms with Crippen molar-refractivity contribution in [3.63, 3.8) is 0 Å². The lowest BCUT2D eigenvalue weighted by Gasteiger charge is -2.05. The fourth-order valence-corrected chi connectivity index (χ4v) is 2.24. The number of carbonyl (C=O) groups is 2. The van der Waals surface area contributed by atoms with E-state index in [9.17, 15) is 14.0 Å². The summed E-state index contributed by atoms with van der Waals surface area (Å²) in [7, 11) is 0. The van der Waals surface area contributed by atoms with Gasteiger partial charge >= 0.3 is 0 Å². The Kier molecular flexibility index (Phi) is 3.47. The maximum atomic E-state index is 13.2. The number of carbonyl (C=O) groups excluding carboxylic acids is 2. The summed E-state index contributed by atoms with van der Waals surface area (Å²) in [5, 5.41) is 3.47. The summed E-state index contributed by atoms with van der Waals surface area (Å²) in [5.74, 6) is -0.787. The summed E-state index contributed by atoms with van der Waals surface area (Å²) < 4.78 is 13.2. The van der Waals surface area contributed by atoms with Crippen LogP contribution < -0.4 is 5.32 Å². The maximum absolute atomic E-state index is 13.2. The number of fused-ring (bicyclic) bond motifs is 1. The van der Waals surface area contributed by atoms with Crippen LogP contribution in [-0.2, 0) is 0 Å². The van der Waals surface area contributed by atoms with Crippen molar-refractivity contribution < 1.29 is 14.0 Å². The van der Waals surface area contributed by atoms with Crippen LogP contribution in [0.1, 0.15) is 27.8 Å². The van der Waals surface area contributed by atoms with Crippen LogP contribution in [0.5, 0.6) is 0 Å². The summed E-state index contributed by atoms with van der Waals surface area (Å²) in [6.07, 6.45) is 0. The molecule has 0 bridgehead atoms. The Morgan fingerprint density at radius 3 is 2.68 bits per heavy atom. The number of H-pyrrole nitrogens is 1. The van der Waals surface area contributed by atoms with Crippen LogP contribution in [0, 0.1) is 5.82 Å². The second-order valence-electron chi connectivity index (χ2n) is 5.01. The predicted molar refractivity (Wildman–Crippen MR) is 82.7 cm³/mol. The molecule has 0 unspecified atom stereocenters. The molecule has 0 aliphatic rings. The summed E-state index contributed by atoms with van der Waals surface area (Å²) in [6.45, 7) is 1.47. The molecule has 3 rings (SSSR count). The van der Waals surface area contributed by atoms with Crippen molar-refractivity contribution in [3.05, 3.63) is 65.6 Å². The van der Waals surface area contributed by atoms with E-state index in [1.54, 1.807) is 36.4 Å². The molecule has 0 aliphatic carbocycles. The van der Waals surface area contributed by atoms with Crippen LogP contribution in [0.2, 0.25) is 0 Å². The highest BCUT2D eigenvalue weighted by Gasteiger charge is 2.11. The zero-order valence-corrected chi connectivity index (χ0v) is 11.8.